The molecule has 0 spiro atoms. The second kappa shape index (κ2) is 9.14. The molecule has 0 heterocycles. The lowest BCUT2D eigenvalue weighted by atomic mass is 10.3. The van der Waals surface area contributed by atoms with Crippen molar-refractivity contribution in [1.82, 2.24) is 0 Å². The van der Waals surface area contributed by atoms with E-state index in [1.165, 1.54) is 12.1 Å². The highest BCUT2D eigenvalue weighted by Gasteiger charge is 2.82. The second-order valence-electron chi connectivity index (χ2n) is 4.91. The van der Waals surface area contributed by atoms with E-state index in [0.717, 1.165) is 0 Å². The summed E-state index contributed by atoms with van der Waals surface area (Å²) in [5.41, 5.74) is 0. The molecule has 1 N–H and O–H groups in total. The minimum atomic E-state index is -7.10. The number of halogens is 9. The lowest BCUT2D eigenvalue weighted by molar-refractivity contribution is -0.335. The maximum absolute atomic E-state index is 12.9. The van der Waals surface area contributed by atoms with Crippen LogP contribution in [0.15, 0.2) is 12.1 Å². The Morgan fingerprint density at radius 3 is 1.69 bits per heavy atom. The summed E-state index contributed by atoms with van der Waals surface area (Å²) in [7, 11) is -7.10. The fraction of sp³-hybridized carbons (Fsp3) is 0.333. The number of alkyl halides is 6. The SMILES string of the molecule is O=C(CC(=O)OC(C(F)(F)F)(C(F)(F)F)S(=O)(=O)O)Oc1c(I)cc(I)cc1I. The second-order valence-corrected chi connectivity index (χ2v) is 10.0. The molecule has 0 saturated carbocycles. The van der Waals surface area contributed by atoms with Gasteiger partial charge in [0.05, 0.1) is 7.14 Å². The average molecular weight is 788 g/mol. The number of carbonyl (C=O) groups is 2. The van der Waals surface area contributed by atoms with Crippen LogP contribution in [0.4, 0.5) is 26.3 Å². The first kappa shape index (κ1) is 26.9. The van der Waals surface area contributed by atoms with Gasteiger partial charge in [0.2, 0.25) is 0 Å². The quantitative estimate of drug-likeness (QED) is 0.120. The van der Waals surface area contributed by atoms with Crippen LogP contribution in [-0.4, -0.2) is 42.2 Å². The standard InChI is InChI=1S/C12H5F6I3O7S/c13-11(14,15)10(12(16,17)18,29(24,25)26)28-8(23)3-7(22)27-9-5(20)1-4(19)2-6(9)21/h1-2H,3H2,(H,24,25,26). The number of benzene rings is 1. The first-order chi connectivity index (χ1) is 12.8. The van der Waals surface area contributed by atoms with Crippen LogP contribution < -0.4 is 4.74 Å². The molecule has 29 heavy (non-hydrogen) atoms. The van der Waals surface area contributed by atoms with Gasteiger partial charge in [-0.2, -0.15) is 34.8 Å². The Morgan fingerprint density at radius 1 is 0.931 bits per heavy atom. The van der Waals surface area contributed by atoms with E-state index < -0.39 is 45.8 Å². The Bertz CT molecular complexity index is 892. The van der Waals surface area contributed by atoms with E-state index in [-0.39, 0.29) is 5.75 Å². The molecule has 0 aromatic heterocycles. The van der Waals surface area contributed by atoms with Gasteiger partial charge >= 0.3 is 39.3 Å². The van der Waals surface area contributed by atoms with Crippen molar-refractivity contribution in [2.75, 3.05) is 0 Å². The van der Waals surface area contributed by atoms with Crippen LogP contribution in [0.5, 0.6) is 5.75 Å². The lowest BCUT2D eigenvalue weighted by Crippen LogP contribution is -2.64. The molecule has 1 aromatic carbocycles. The Kier molecular flexibility index (Phi) is 8.47. The minimum Gasteiger partial charge on any atom is -0.424 e. The van der Waals surface area contributed by atoms with Crippen LogP contribution >= 0.6 is 67.8 Å². The number of esters is 2. The third-order valence-corrected chi connectivity index (χ3v) is 6.33. The minimum absolute atomic E-state index is 0.128. The highest BCUT2D eigenvalue weighted by atomic mass is 127. The molecule has 0 amide bonds. The molecule has 1 rings (SSSR count). The molecule has 7 nitrogen and oxygen atoms in total. The number of hydrogen-bond acceptors (Lipinski definition) is 6. The van der Waals surface area contributed by atoms with Crippen LogP contribution in [0.25, 0.3) is 0 Å². The fourth-order valence-electron chi connectivity index (χ4n) is 1.71. The summed E-state index contributed by atoms with van der Waals surface area (Å²) in [6.45, 7) is 0. The molecule has 164 valence electrons. The largest absolute Gasteiger partial charge is 0.456 e. The van der Waals surface area contributed by atoms with Crippen LogP contribution in [0, 0.1) is 10.7 Å². The zero-order valence-corrected chi connectivity index (χ0v) is 20.4. The van der Waals surface area contributed by atoms with Gasteiger partial charge in [0, 0.05) is 3.57 Å². The Balaban J connectivity index is 3.17. The highest BCUT2D eigenvalue weighted by Crippen LogP contribution is 2.49. The van der Waals surface area contributed by atoms with Crippen molar-refractivity contribution in [1.29, 1.82) is 0 Å². The third-order valence-electron chi connectivity index (χ3n) is 2.83. The zero-order valence-electron chi connectivity index (χ0n) is 13.1. The summed E-state index contributed by atoms with van der Waals surface area (Å²) >= 11 is 5.36. The van der Waals surface area contributed by atoms with Gasteiger partial charge in [-0.05, 0) is 79.9 Å². The van der Waals surface area contributed by atoms with Gasteiger partial charge in [-0.1, -0.05) is 0 Å². The molecule has 0 atom stereocenters. The van der Waals surface area contributed by atoms with Gasteiger partial charge in [0.25, 0.3) is 0 Å². The monoisotopic (exact) mass is 788 g/mol. The fourth-order valence-corrected chi connectivity index (χ4v) is 6.30. The van der Waals surface area contributed by atoms with Crippen LogP contribution in [0.3, 0.4) is 0 Å². The predicted molar refractivity (Wildman–Crippen MR) is 107 cm³/mol. The van der Waals surface area contributed by atoms with Crippen molar-refractivity contribution in [3.05, 3.63) is 22.8 Å². The van der Waals surface area contributed by atoms with Gasteiger partial charge in [-0.25, -0.2) is 0 Å². The van der Waals surface area contributed by atoms with E-state index >= 15 is 0 Å². The molecular formula is C12H5F6I3O7S. The van der Waals surface area contributed by atoms with Gasteiger partial charge in [-0.15, -0.1) is 0 Å². The molecule has 1 aromatic rings. The summed E-state index contributed by atoms with van der Waals surface area (Å²) in [4.78, 5) is 17.0. The van der Waals surface area contributed by atoms with Gasteiger partial charge < -0.3 is 9.47 Å². The van der Waals surface area contributed by atoms with Gasteiger partial charge in [0.15, 0.2) is 5.75 Å². The summed E-state index contributed by atoms with van der Waals surface area (Å²) < 4.78 is 117. The topological polar surface area (TPSA) is 107 Å². The van der Waals surface area contributed by atoms with E-state index in [0.29, 0.717) is 10.7 Å². The number of ether oxygens (including phenoxy) is 2. The van der Waals surface area contributed by atoms with E-state index in [1.54, 1.807) is 45.2 Å². The lowest BCUT2D eigenvalue weighted by Gasteiger charge is -2.33. The van der Waals surface area contributed by atoms with Crippen molar-refractivity contribution >= 4 is 89.8 Å². The molecule has 0 saturated heterocycles. The molecule has 0 unspecified atom stereocenters. The first-order valence-corrected chi connectivity index (χ1v) is 11.2. The van der Waals surface area contributed by atoms with E-state index in [4.69, 9.17) is 9.29 Å². The summed E-state index contributed by atoms with van der Waals surface area (Å²) in [5.74, 6) is -4.30. The van der Waals surface area contributed by atoms with Crippen molar-refractivity contribution < 1.29 is 58.4 Å². The Hall–Kier alpha value is -0.160. The number of rotatable bonds is 5. The van der Waals surface area contributed by atoms with Crippen molar-refractivity contribution in [2.24, 2.45) is 0 Å². The normalized spacial score (nSPS) is 13.2. The van der Waals surface area contributed by atoms with Gasteiger partial charge in [-0.3, -0.25) is 14.1 Å². The van der Waals surface area contributed by atoms with Crippen LogP contribution in [0.1, 0.15) is 6.42 Å². The molecule has 0 aliphatic rings. The smallest absolute Gasteiger partial charge is 0.424 e. The first-order valence-electron chi connectivity index (χ1n) is 6.51. The highest BCUT2D eigenvalue weighted by molar-refractivity contribution is 14.1. The van der Waals surface area contributed by atoms with Crippen molar-refractivity contribution in [3.63, 3.8) is 0 Å². The zero-order chi connectivity index (χ0) is 23.0. The number of hydrogen-bond donors (Lipinski definition) is 1. The van der Waals surface area contributed by atoms with Crippen LogP contribution in [0.2, 0.25) is 0 Å². The van der Waals surface area contributed by atoms with Crippen LogP contribution in [-0.2, 0) is 24.4 Å². The predicted octanol–water partition coefficient (Wildman–Crippen LogP) is 4.05. The summed E-state index contributed by atoms with van der Waals surface area (Å²) in [5, 5.41) is 0. The molecule has 0 radical (unpaired) electrons. The summed E-state index contributed by atoms with van der Waals surface area (Å²) in [6, 6.07) is 3.03. The molecule has 0 bridgehead atoms. The van der Waals surface area contributed by atoms with E-state index in [1.807, 2.05) is 22.6 Å². The Labute approximate surface area is 199 Å². The molecule has 0 fully saturated rings. The maximum atomic E-state index is 12.9. The summed E-state index contributed by atoms with van der Waals surface area (Å²) in [6.07, 6.45) is -15.4. The molecule has 17 heteroatoms. The number of carbonyl (C=O) groups excluding carboxylic acids is 2. The Morgan fingerprint density at radius 2 is 1.34 bits per heavy atom. The molecule has 0 aliphatic heterocycles. The van der Waals surface area contributed by atoms with Gasteiger partial charge in [0.1, 0.15) is 6.42 Å². The molecule has 0 aliphatic carbocycles. The average Bonchev–Trinajstić information content (AvgIpc) is 2.44. The maximum Gasteiger partial charge on any atom is 0.456 e. The molecular weight excluding hydrogens is 783 g/mol. The third kappa shape index (κ3) is 5.96. The van der Waals surface area contributed by atoms with E-state index in [9.17, 15) is 44.3 Å². The van der Waals surface area contributed by atoms with Crippen molar-refractivity contribution in [2.45, 2.75) is 23.7 Å². The van der Waals surface area contributed by atoms with E-state index in [2.05, 4.69) is 4.74 Å². The van der Waals surface area contributed by atoms with Crippen molar-refractivity contribution in [3.8, 4) is 5.75 Å².